The number of rotatable bonds is 7. The largest absolute Gasteiger partial charge is 0.492 e. The lowest BCUT2D eigenvalue weighted by Gasteiger charge is -2.61. The first-order chi connectivity index (χ1) is 21.4. The summed E-state index contributed by atoms with van der Waals surface area (Å²) in [6.07, 6.45) is 2.54. The molecule has 252 valence electrons. The van der Waals surface area contributed by atoms with Crippen LogP contribution >= 0.6 is 0 Å². The molecule has 1 aliphatic heterocycles. The number of hydrogen-bond donors (Lipinski definition) is 3. The fourth-order valence-corrected chi connectivity index (χ4v) is 8.94. The molecule has 3 N–H and O–H groups in total. The van der Waals surface area contributed by atoms with Gasteiger partial charge in [0.25, 0.3) is 0 Å². The van der Waals surface area contributed by atoms with Crippen LogP contribution in [-0.4, -0.2) is 66.1 Å². The monoisotopic (exact) mass is 639 g/mol. The van der Waals surface area contributed by atoms with Gasteiger partial charge in [0.05, 0.1) is 12.2 Å². The van der Waals surface area contributed by atoms with E-state index in [4.69, 9.17) is 18.9 Å². The SMILES string of the molecule is C=C[C@]1(C)C[C@@H](OC(=O)COc2ccc3c(c2)B(O)OC3CNC(=O)OC(C)(C)C)[C@@]2(C)[C@@H]3C(=O)CC[C@@]3(CC[C@@H]2C)[C@@H](C)[C@@H]1O. The average Bonchev–Trinajstić information content (AvgIpc) is 3.51. The van der Waals surface area contributed by atoms with Gasteiger partial charge in [-0.1, -0.05) is 39.8 Å². The Kier molecular flexibility index (Phi) is 9.20. The summed E-state index contributed by atoms with van der Waals surface area (Å²) in [6.45, 7) is 17.4. The van der Waals surface area contributed by atoms with Gasteiger partial charge in [-0.05, 0) is 86.9 Å². The van der Waals surface area contributed by atoms with Crippen LogP contribution in [0.15, 0.2) is 30.9 Å². The highest BCUT2D eigenvalue weighted by Gasteiger charge is 2.68. The van der Waals surface area contributed by atoms with Gasteiger partial charge >= 0.3 is 19.2 Å². The fourth-order valence-electron chi connectivity index (χ4n) is 8.94. The van der Waals surface area contributed by atoms with E-state index < -0.39 is 53.9 Å². The molecule has 1 aromatic carbocycles. The Balaban J connectivity index is 1.30. The van der Waals surface area contributed by atoms with Gasteiger partial charge in [0.2, 0.25) is 0 Å². The number of Topliss-reactive ketones (excluding diaryl/α,β-unsaturated/α-hetero) is 1. The summed E-state index contributed by atoms with van der Waals surface area (Å²) in [6, 6.07) is 5.02. The van der Waals surface area contributed by atoms with Crippen LogP contribution in [0.4, 0.5) is 4.79 Å². The second-order valence-electron chi connectivity index (χ2n) is 15.5. The van der Waals surface area contributed by atoms with E-state index in [1.165, 1.54) is 0 Å². The van der Waals surface area contributed by atoms with E-state index in [0.29, 0.717) is 29.6 Å². The topological polar surface area (TPSA) is 141 Å². The summed E-state index contributed by atoms with van der Waals surface area (Å²) in [7, 11) is -1.23. The molecule has 2 bridgehead atoms. The molecule has 10 nitrogen and oxygen atoms in total. The lowest BCUT2D eigenvalue weighted by Crippen LogP contribution is -2.63. The maximum atomic E-state index is 13.6. The molecule has 3 saturated carbocycles. The number of ether oxygens (including phenoxy) is 3. The number of carbonyl (C=O) groups is 3. The van der Waals surface area contributed by atoms with E-state index >= 15 is 0 Å². The van der Waals surface area contributed by atoms with Crippen LogP contribution in [0.1, 0.15) is 92.2 Å². The van der Waals surface area contributed by atoms with Gasteiger partial charge in [0, 0.05) is 29.7 Å². The molecule has 3 aliphatic carbocycles. The molecule has 1 amide bonds. The Morgan fingerprint density at radius 2 is 1.93 bits per heavy atom. The van der Waals surface area contributed by atoms with Crippen molar-refractivity contribution in [3.8, 4) is 5.75 Å². The number of ketones is 1. The normalized spacial score (nSPS) is 37.0. The molecule has 0 saturated heterocycles. The molecule has 0 spiro atoms. The molecular formula is C35H50BNO9. The number of nitrogens with one attached hydrogen (secondary N) is 1. The first-order valence-corrected chi connectivity index (χ1v) is 16.6. The van der Waals surface area contributed by atoms with Gasteiger partial charge < -0.3 is 34.3 Å². The minimum Gasteiger partial charge on any atom is -0.482 e. The van der Waals surface area contributed by atoms with Crippen molar-refractivity contribution in [2.75, 3.05) is 13.2 Å². The maximum Gasteiger partial charge on any atom is 0.492 e. The van der Waals surface area contributed by atoms with Crippen LogP contribution in [0.3, 0.4) is 0 Å². The predicted molar refractivity (Wildman–Crippen MR) is 172 cm³/mol. The number of carbonyl (C=O) groups excluding carboxylic acids is 3. The highest BCUT2D eigenvalue weighted by molar-refractivity contribution is 6.61. The van der Waals surface area contributed by atoms with Gasteiger partial charge in [0.1, 0.15) is 23.2 Å². The number of alkyl carbamates (subject to hydrolysis) is 1. The standard InChI is InChI=1S/C35H50BNO9/c1-9-33(7)17-27(34(8)20(2)12-14-35(21(3)30(33)40)15-13-25(38)29(34)35)44-28(39)19-43-22-10-11-23-24(16-22)36(42)46-26(23)18-37-31(41)45-32(4,5)6/h9-11,16,20-21,26-27,29-30,40,42H,1,12-15,17-19H2,2-8H3,(H,37,41)/t20-,21-,26?,27+,29-,30-,33+,34-,35-/m0/s1. The van der Waals surface area contributed by atoms with E-state index in [1.54, 1.807) is 45.0 Å². The Morgan fingerprint density at radius 3 is 2.61 bits per heavy atom. The van der Waals surface area contributed by atoms with Crippen LogP contribution in [0, 0.1) is 34.0 Å². The van der Waals surface area contributed by atoms with Crippen LogP contribution in [0.5, 0.6) is 5.75 Å². The highest BCUT2D eigenvalue weighted by Crippen LogP contribution is 2.68. The minimum absolute atomic E-state index is 0.103. The second kappa shape index (κ2) is 12.3. The van der Waals surface area contributed by atoms with Crippen molar-refractivity contribution in [2.24, 2.45) is 34.0 Å². The Labute approximate surface area is 272 Å². The summed E-state index contributed by atoms with van der Waals surface area (Å²) in [4.78, 5) is 39.2. The predicted octanol–water partition coefficient (Wildman–Crippen LogP) is 4.26. The van der Waals surface area contributed by atoms with Gasteiger partial charge in [-0.2, -0.15) is 0 Å². The van der Waals surface area contributed by atoms with Crippen molar-refractivity contribution in [1.29, 1.82) is 0 Å². The smallest absolute Gasteiger partial charge is 0.482 e. The van der Waals surface area contributed by atoms with Crippen molar-refractivity contribution < 1.29 is 43.4 Å². The third kappa shape index (κ3) is 5.99. The van der Waals surface area contributed by atoms with Gasteiger partial charge in [-0.25, -0.2) is 9.59 Å². The Hall–Kier alpha value is -2.89. The van der Waals surface area contributed by atoms with Crippen molar-refractivity contribution in [1.82, 2.24) is 5.32 Å². The first-order valence-electron chi connectivity index (χ1n) is 16.6. The van der Waals surface area contributed by atoms with E-state index in [9.17, 15) is 24.5 Å². The number of hydrogen-bond acceptors (Lipinski definition) is 9. The number of fused-ring (bicyclic) bond motifs is 1. The van der Waals surface area contributed by atoms with Crippen molar-refractivity contribution >= 4 is 30.4 Å². The zero-order chi connectivity index (χ0) is 33.8. The number of benzene rings is 1. The summed E-state index contributed by atoms with van der Waals surface area (Å²) < 4.78 is 23.0. The second-order valence-corrected chi connectivity index (χ2v) is 15.5. The molecule has 46 heavy (non-hydrogen) atoms. The fraction of sp³-hybridized carbons (Fsp3) is 0.686. The molecule has 1 heterocycles. The number of esters is 1. The van der Waals surface area contributed by atoms with Crippen LogP contribution < -0.4 is 15.5 Å². The number of aliphatic hydroxyl groups is 1. The zero-order valence-corrected chi connectivity index (χ0v) is 28.3. The number of amides is 1. The van der Waals surface area contributed by atoms with E-state index in [0.717, 1.165) is 19.3 Å². The average molecular weight is 640 g/mol. The van der Waals surface area contributed by atoms with E-state index in [2.05, 4.69) is 32.7 Å². The summed E-state index contributed by atoms with van der Waals surface area (Å²) >= 11 is 0. The van der Waals surface area contributed by atoms with Gasteiger partial charge in [-0.3, -0.25) is 4.79 Å². The van der Waals surface area contributed by atoms with Crippen LogP contribution in [-0.2, 0) is 23.7 Å². The molecule has 4 aliphatic rings. The van der Waals surface area contributed by atoms with Crippen LogP contribution in [0.2, 0.25) is 0 Å². The Bertz CT molecular complexity index is 1380. The molecule has 1 aromatic rings. The maximum absolute atomic E-state index is 13.6. The lowest BCUT2D eigenvalue weighted by atomic mass is 9.44. The molecule has 11 heteroatoms. The molecular weight excluding hydrogens is 589 g/mol. The van der Waals surface area contributed by atoms with E-state index in [-0.39, 0.29) is 42.1 Å². The lowest BCUT2D eigenvalue weighted by molar-refractivity contribution is -0.207. The number of aliphatic hydroxyl groups excluding tert-OH is 1. The molecule has 3 fully saturated rings. The molecule has 5 rings (SSSR count). The molecule has 9 atom stereocenters. The third-order valence-corrected chi connectivity index (χ3v) is 11.7. The summed E-state index contributed by atoms with van der Waals surface area (Å²) in [5.74, 6) is -0.321. The summed E-state index contributed by atoms with van der Waals surface area (Å²) in [5, 5.41) is 24.9. The quantitative estimate of drug-likeness (QED) is 0.227. The highest BCUT2D eigenvalue weighted by atomic mass is 16.6. The van der Waals surface area contributed by atoms with Crippen molar-refractivity contribution in [2.45, 2.75) is 104 Å². The molecule has 0 radical (unpaired) electrons. The van der Waals surface area contributed by atoms with Gasteiger partial charge in [0.15, 0.2) is 6.61 Å². The summed E-state index contributed by atoms with van der Waals surface area (Å²) in [5.41, 5.74) is -1.16. The van der Waals surface area contributed by atoms with Gasteiger partial charge in [-0.15, -0.1) is 6.58 Å². The van der Waals surface area contributed by atoms with Crippen molar-refractivity contribution in [3.63, 3.8) is 0 Å². The molecule has 1 unspecified atom stereocenters. The zero-order valence-electron chi connectivity index (χ0n) is 28.3. The Morgan fingerprint density at radius 1 is 1.22 bits per heavy atom. The first kappa shape index (κ1) is 34.4. The molecule has 0 aromatic heterocycles. The van der Waals surface area contributed by atoms with Crippen LogP contribution in [0.25, 0.3) is 0 Å². The van der Waals surface area contributed by atoms with Crippen molar-refractivity contribution in [3.05, 3.63) is 36.4 Å². The third-order valence-electron chi connectivity index (χ3n) is 11.7. The minimum atomic E-state index is -1.23. The van der Waals surface area contributed by atoms with E-state index in [1.807, 2.05) is 6.92 Å².